The molecular formula is C32H53N9O2. The van der Waals surface area contributed by atoms with Crippen LogP contribution in [0.5, 0.6) is 0 Å². The lowest BCUT2D eigenvalue weighted by Crippen LogP contribution is -2.48. The van der Waals surface area contributed by atoms with E-state index in [9.17, 15) is 4.79 Å². The topological polar surface area (TPSA) is 120 Å². The number of benzene rings is 1. The van der Waals surface area contributed by atoms with E-state index in [0.717, 1.165) is 88.8 Å². The number of hydrogen-bond donors (Lipinski definition) is 5. The molecule has 3 fully saturated rings. The third-order valence-corrected chi connectivity index (χ3v) is 9.45. The minimum Gasteiger partial charge on any atom is -0.378 e. The second kappa shape index (κ2) is 14.9. The van der Waals surface area contributed by atoms with E-state index in [1.54, 1.807) is 0 Å². The van der Waals surface area contributed by atoms with Gasteiger partial charge in [0, 0.05) is 43.1 Å². The summed E-state index contributed by atoms with van der Waals surface area (Å²) in [5, 5.41) is 26.4. The van der Waals surface area contributed by atoms with Gasteiger partial charge in [0.15, 0.2) is 5.82 Å². The first-order valence-electron chi connectivity index (χ1n) is 16.3. The van der Waals surface area contributed by atoms with Crippen LogP contribution in [-0.4, -0.2) is 90.3 Å². The molecule has 238 valence electrons. The van der Waals surface area contributed by atoms with Gasteiger partial charge in [0.25, 0.3) is 5.91 Å². The van der Waals surface area contributed by atoms with E-state index in [-0.39, 0.29) is 23.6 Å². The van der Waals surface area contributed by atoms with Crippen molar-refractivity contribution in [3.8, 4) is 0 Å². The predicted octanol–water partition coefficient (Wildman–Crippen LogP) is 2.73. The van der Waals surface area contributed by atoms with Gasteiger partial charge in [0.05, 0.1) is 25.3 Å². The van der Waals surface area contributed by atoms with Crippen molar-refractivity contribution >= 4 is 11.6 Å². The van der Waals surface area contributed by atoms with Crippen LogP contribution < -0.4 is 26.6 Å². The van der Waals surface area contributed by atoms with Gasteiger partial charge in [-0.05, 0) is 96.2 Å². The molecule has 5 N–H and O–H groups in total. The number of carbonyl (C=O) groups excluding carboxylic acids is 1. The zero-order valence-corrected chi connectivity index (χ0v) is 26.6. The highest BCUT2D eigenvalue weighted by Gasteiger charge is 2.29. The first-order valence-corrected chi connectivity index (χ1v) is 16.3. The van der Waals surface area contributed by atoms with Crippen LogP contribution in [0, 0.1) is 11.8 Å². The molecule has 43 heavy (non-hydrogen) atoms. The van der Waals surface area contributed by atoms with Gasteiger partial charge >= 0.3 is 0 Å². The van der Waals surface area contributed by atoms with E-state index >= 15 is 0 Å². The van der Waals surface area contributed by atoms with Crippen LogP contribution >= 0.6 is 0 Å². The summed E-state index contributed by atoms with van der Waals surface area (Å²) < 4.78 is 8.58. The normalized spacial score (nSPS) is 26.2. The molecule has 3 saturated heterocycles. The van der Waals surface area contributed by atoms with E-state index in [1.807, 2.05) is 24.3 Å². The molecule has 2 aromatic rings. The van der Waals surface area contributed by atoms with Gasteiger partial charge in [-0.25, -0.2) is 0 Å². The maximum Gasteiger partial charge on any atom is 0.251 e. The summed E-state index contributed by atoms with van der Waals surface area (Å²) in [7, 11) is 2.19. The highest BCUT2D eigenvalue weighted by Crippen LogP contribution is 2.25. The first-order chi connectivity index (χ1) is 20.8. The van der Waals surface area contributed by atoms with Crippen molar-refractivity contribution in [2.75, 3.05) is 58.4 Å². The van der Waals surface area contributed by atoms with E-state index in [0.29, 0.717) is 37.1 Å². The molecule has 4 atom stereocenters. The molecule has 0 bridgehead atoms. The zero-order valence-electron chi connectivity index (χ0n) is 26.6. The molecule has 1 aromatic heterocycles. The standard InChI is InChI=1S/C32H53N9O2/c1-5-23-21-40(4)14-11-25(23)19-35-31(42)24-7-6-8-26(17-24)34-20-29-38-39-30(28-10-12-33-22-36-28)41(29)15-16-43-27-9-13-37-32(2,3)18-27/h6-8,17,23,25,27-28,33-34,36-37H,5,9-16,18-22H2,1-4H3,(H,35,42). The Morgan fingerprint density at radius 3 is 2.84 bits per heavy atom. The first kappa shape index (κ1) is 31.8. The van der Waals surface area contributed by atoms with Crippen LogP contribution in [0.1, 0.15) is 80.9 Å². The average molecular weight is 596 g/mol. The fourth-order valence-corrected chi connectivity index (χ4v) is 6.87. The summed E-state index contributed by atoms with van der Waals surface area (Å²) in [5.74, 6) is 2.98. The minimum absolute atomic E-state index is 0.0156. The van der Waals surface area contributed by atoms with Crippen LogP contribution in [0.3, 0.4) is 0 Å². The summed E-state index contributed by atoms with van der Waals surface area (Å²) >= 11 is 0. The van der Waals surface area contributed by atoms with Crippen molar-refractivity contribution in [2.45, 2.75) is 83.6 Å². The highest BCUT2D eigenvalue weighted by atomic mass is 16.5. The molecule has 11 nitrogen and oxygen atoms in total. The number of carbonyl (C=O) groups is 1. The maximum absolute atomic E-state index is 13.1. The number of amides is 1. The Morgan fingerprint density at radius 1 is 1.16 bits per heavy atom. The van der Waals surface area contributed by atoms with Crippen LogP contribution in [0.2, 0.25) is 0 Å². The van der Waals surface area contributed by atoms with Gasteiger partial charge < -0.3 is 35.5 Å². The summed E-state index contributed by atoms with van der Waals surface area (Å²) in [6, 6.07) is 7.91. The second-order valence-corrected chi connectivity index (χ2v) is 13.3. The number of piperidine rings is 2. The predicted molar refractivity (Wildman–Crippen MR) is 170 cm³/mol. The molecule has 3 aliphatic heterocycles. The smallest absolute Gasteiger partial charge is 0.251 e. The van der Waals surface area contributed by atoms with Crippen molar-refractivity contribution < 1.29 is 9.53 Å². The van der Waals surface area contributed by atoms with Crippen LogP contribution in [0.4, 0.5) is 5.69 Å². The van der Waals surface area contributed by atoms with Gasteiger partial charge in [-0.2, -0.15) is 0 Å². The molecule has 0 aliphatic carbocycles. The highest BCUT2D eigenvalue weighted by molar-refractivity contribution is 5.95. The van der Waals surface area contributed by atoms with Gasteiger partial charge in [0.1, 0.15) is 5.82 Å². The molecule has 4 unspecified atom stereocenters. The summed E-state index contributed by atoms with van der Waals surface area (Å²) in [6.45, 7) is 14.2. The van der Waals surface area contributed by atoms with Crippen molar-refractivity contribution in [3.63, 3.8) is 0 Å². The molecule has 11 heteroatoms. The van der Waals surface area contributed by atoms with Gasteiger partial charge in [-0.3, -0.25) is 10.1 Å². The summed E-state index contributed by atoms with van der Waals surface area (Å²) in [4.78, 5) is 15.5. The molecule has 0 spiro atoms. The fourth-order valence-electron chi connectivity index (χ4n) is 6.87. The van der Waals surface area contributed by atoms with E-state index < -0.39 is 0 Å². The Labute approximate surface area is 257 Å². The number of nitrogens with zero attached hydrogens (tertiary/aromatic N) is 4. The third kappa shape index (κ3) is 8.76. The molecular weight excluding hydrogens is 542 g/mol. The molecule has 1 aromatic carbocycles. The van der Waals surface area contributed by atoms with Crippen LogP contribution in [0.15, 0.2) is 24.3 Å². The number of anilines is 1. The number of hydrogen-bond acceptors (Lipinski definition) is 9. The maximum atomic E-state index is 13.1. The van der Waals surface area contributed by atoms with Crippen molar-refractivity contribution in [1.82, 2.24) is 40.9 Å². The van der Waals surface area contributed by atoms with Crippen molar-refractivity contribution in [2.24, 2.45) is 11.8 Å². The van der Waals surface area contributed by atoms with Gasteiger partial charge in [-0.15, -0.1) is 10.2 Å². The summed E-state index contributed by atoms with van der Waals surface area (Å²) in [5.41, 5.74) is 1.67. The minimum atomic E-state index is -0.0156. The zero-order chi connectivity index (χ0) is 30.2. The SMILES string of the molecule is CCC1CN(C)CCC1CNC(=O)c1cccc(NCc2nnc(C3CCNCN3)n2CCOC2CCNC(C)(C)C2)c1. The second-order valence-electron chi connectivity index (χ2n) is 13.3. The lowest BCUT2D eigenvalue weighted by atomic mass is 9.84. The Balaban J connectivity index is 1.19. The number of rotatable bonds is 12. The molecule has 3 aliphatic rings. The van der Waals surface area contributed by atoms with Crippen LogP contribution in [0.25, 0.3) is 0 Å². The Bertz CT molecular complexity index is 1180. The van der Waals surface area contributed by atoms with Gasteiger partial charge in [0.2, 0.25) is 0 Å². The van der Waals surface area contributed by atoms with Crippen molar-refractivity contribution in [3.05, 3.63) is 41.5 Å². The van der Waals surface area contributed by atoms with E-state index in [1.165, 1.54) is 0 Å². The molecule has 1 amide bonds. The Kier molecular flexibility index (Phi) is 11.1. The summed E-state index contributed by atoms with van der Waals surface area (Å²) in [6.07, 6.45) is 5.54. The average Bonchev–Trinajstić information content (AvgIpc) is 3.41. The number of nitrogens with one attached hydrogen (secondary N) is 5. The number of ether oxygens (including phenoxy) is 1. The monoisotopic (exact) mass is 595 g/mol. The van der Waals surface area contributed by atoms with Gasteiger partial charge in [-0.1, -0.05) is 19.4 Å². The molecule has 5 rings (SSSR count). The molecule has 4 heterocycles. The van der Waals surface area contributed by atoms with E-state index in [4.69, 9.17) is 4.74 Å². The third-order valence-electron chi connectivity index (χ3n) is 9.45. The largest absolute Gasteiger partial charge is 0.378 e. The van der Waals surface area contributed by atoms with Crippen LogP contribution in [-0.2, 0) is 17.8 Å². The molecule has 0 saturated carbocycles. The quantitative estimate of drug-likeness (QED) is 0.252. The van der Waals surface area contributed by atoms with E-state index in [2.05, 4.69) is 74.1 Å². The number of aromatic nitrogens is 3. The number of likely N-dealkylation sites (tertiary alicyclic amines) is 1. The fraction of sp³-hybridized carbons (Fsp3) is 0.719. The van der Waals surface area contributed by atoms with Crippen molar-refractivity contribution in [1.29, 1.82) is 0 Å². The Morgan fingerprint density at radius 2 is 2.05 bits per heavy atom. The lowest BCUT2D eigenvalue weighted by Gasteiger charge is -2.36. The lowest BCUT2D eigenvalue weighted by molar-refractivity contribution is 0.00459. The Hall–Kier alpha value is -2.57. The molecule has 0 radical (unpaired) electrons.